The van der Waals surface area contributed by atoms with Crippen LogP contribution in [0.25, 0.3) is 11.3 Å². The number of nitrogens with zero attached hydrogens (tertiary/aromatic N) is 3. The fourth-order valence-electron chi connectivity index (χ4n) is 1.59. The zero-order chi connectivity index (χ0) is 10.7. The van der Waals surface area contributed by atoms with Gasteiger partial charge in [0.2, 0.25) is 0 Å². The smallest absolute Gasteiger partial charge is 0.0736 e. The van der Waals surface area contributed by atoms with Crippen LogP contribution in [0.3, 0.4) is 0 Å². The average Bonchev–Trinajstić information content (AvgIpc) is 2.62. The fourth-order valence-corrected chi connectivity index (χ4v) is 1.59. The summed E-state index contributed by atoms with van der Waals surface area (Å²) >= 11 is 0. The first-order chi connectivity index (χ1) is 7.31. The molecule has 0 bridgehead atoms. The number of hydrogen-bond acceptors (Lipinski definition) is 3. The SMILES string of the molecule is Cn1cc(-c2ccccn2)c(CCN)n1. The lowest BCUT2D eigenvalue weighted by molar-refractivity contribution is 0.739. The average molecular weight is 202 g/mol. The lowest BCUT2D eigenvalue weighted by Gasteiger charge is -1.98. The molecule has 0 spiro atoms. The molecule has 0 atom stereocenters. The van der Waals surface area contributed by atoms with E-state index in [1.54, 1.807) is 10.9 Å². The highest BCUT2D eigenvalue weighted by atomic mass is 15.3. The van der Waals surface area contributed by atoms with Gasteiger partial charge in [-0.25, -0.2) is 0 Å². The van der Waals surface area contributed by atoms with Gasteiger partial charge in [-0.05, 0) is 18.7 Å². The minimum atomic E-state index is 0.608. The molecule has 0 unspecified atom stereocenters. The van der Waals surface area contributed by atoms with Crippen molar-refractivity contribution in [2.75, 3.05) is 6.54 Å². The Morgan fingerprint density at radius 3 is 2.93 bits per heavy atom. The Bertz CT molecular complexity index is 433. The highest BCUT2D eigenvalue weighted by Gasteiger charge is 2.09. The summed E-state index contributed by atoms with van der Waals surface area (Å²) in [5.41, 5.74) is 8.59. The second-order valence-electron chi connectivity index (χ2n) is 3.42. The Morgan fingerprint density at radius 1 is 1.40 bits per heavy atom. The molecule has 0 saturated heterocycles. The summed E-state index contributed by atoms with van der Waals surface area (Å²) in [6.07, 6.45) is 4.55. The molecule has 0 aliphatic rings. The van der Waals surface area contributed by atoms with E-state index in [-0.39, 0.29) is 0 Å². The number of aryl methyl sites for hydroxylation is 1. The van der Waals surface area contributed by atoms with Gasteiger partial charge in [-0.3, -0.25) is 9.67 Å². The van der Waals surface area contributed by atoms with Crippen molar-refractivity contribution in [3.63, 3.8) is 0 Å². The maximum Gasteiger partial charge on any atom is 0.0736 e. The molecule has 0 aliphatic carbocycles. The maximum absolute atomic E-state index is 5.55. The Labute approximate surface area is 88.8 Å². The van der Waals surface area contributed by atoms with Gasteiger partial charge in [-0.1, -0.05) is 6.07 Å². The number of aromatic nitrogens is 3. The molecule has 15 heavy (non-hydrogen) atoms. The van der Waals surface area contributed by atoms with E-state index in [1.807, 2.05) is 31.4 Å². The van der Waals surface area contributed by atoms with Gasteiger partial charge in [0.1, 0.15) is 0 Å². The zero-order valence-electron chi connectivity index (χ0n) is 8.72. The van der Waals surface area contributed by atoms with Crippen LogP contribution in [0, 0.1) is 0 Å². The molecule has 2 heterocycles. The molecule has 0 aromatic carbocycles. The van der Waals surface area contributed by atoms with Crippen molar-refractivity contribution in [1.82, 2.24) is 14.8 Å². The largest absolute Gasteiger partial charge is 0.330 e. The molecule has 2 aromatic heterocycles. The van der Waals surface area contributed by atoms with Gasteiger partial charge >= 0.3 is 0 Å². The molecule has 0 saturated carbocycles. The topological polar surface area (TPSA) is 56.7 Å². The fraction of sp³-hybridized carbons (Fsp3) is 0.273. The van der Waals surface area contributed by atoms with Crippen molar-refractivity contribution >= 4 is 0 Å². The van der Waals surface area contributed by atoms with Gasteiger partial charge in [0.25, 0.3) is 0 Å². The Morgan fingerprint density at radius 2 is 2.27 bits per heavy atom. The first kappa shape index (κ1) is 9.86. The van der Waals surface area contributed by atoms with Crippen LogP contribution in [0.1, 0.15) is 5.69 Å². The molecule has 0 radical (unpaired) electrons. The van der Waals surface area contributed by atoms with E-state index >= 15 is 0 Å². The van der Waals surface area contributed by atoms with Crippen molar-refractivity contribution in [3.05, 3.63) is 36.3 Å². The molecule has 2 N–H and O–H groups in total. The van der Waals surface area contributed by atoms with Crippen molar-refractivity contribution in [2.24, 2.45) is 12.8 Å². The third kappa shape index (κ3) is 2.05. The Hall–Kier alpha value is -1.68. The molecule has 2 aromatic rings. The molecule has 0 fully saturated rings. The summed E-state index contributed by atoms with van der Waals surface area (Å²) in [5, 5.41) is 4.37. The molecule has 2 rings (SSSR count). The maximum atomic E-state index is 5.55. The number of hydrogen-bond donors (Lipinski definition) is 1. The number of nitrogens with two attached hydrogens (primary N) is 1. The van der Waals surface area contributed by atoms with Gasteiger partial charge < -0.3 is 5.73 Å². The van der Waals surface area contributed by atoms with E-state index in [9.17, 15) is 0 Å². The van der Waals surface area contributed by atoms with Gasteiger partial charge in [0.15, 0.2) is 0 Å². The minimum absolute atomic E-state index is 0.608. The van der Waals surface area contributed by atoms with Crippen LogP contribution in [0.4, 0.5) is 0 Å². The van der Waals surface area contributed by atoms with E-state index < -0.39 is 0 Å². The lowest BCUT2D eigenvalue weighted by Crippen LogP contribution is -2.04. The minimum Gasteiger partial charge on any atom is -0.330 e. The summed E-state index contributed by atoms with van der Waals surface area (Å²) in [6.45, 7) is 0.608. The van der Waals surface area contributed by atoms with E-state index in [4.69, 9.17) is 5.73 Å². The predicted molar refractivity (Wildman–Crippen MR) is 59.2 cm³/mol. The third-order valence-corrected chi connectivity index (χ3v) is 2.23. The van der Waals surface area contributed by atoms with Gasteiger partial charge in [0, 0.05) is 31.4 Å². The summed E-state index contributed by atoms with van der Waals surface area (Å²) in [7, 11) is 1.91. The predicted octanol–water partition coefficient (Wildman–Crippen LogP) is 0.983. The highest BCUT2D eigenvalue weighted by Crippen LogP contribution is 2.20. The molecule has 4 heteroatoms. The Kier molecular flexibility index (Phi) is 2.78. The van der Waals surface area contributed by atoms with Crippen LogP contribution < -0.4 is 5.73 Å². The van der Waals surface area contributed by atoms with Crippen LogP contribution in [-0.4, -0.2) is 21.3 Å². The lowest BCUT2D eigenvalue weighted by atomic mass is 10.1. The summed E-state index contributed by atoms with van der Waals surface area (Å²) in [4.78, 5) is 4.31. The molecule has 0 aliphatic heterocycles. The molecule has 0 amide bonds. The summed E-state index contributed by atoms with van der Waals surface area (Å²) in [5.74, 6) is 0. The van der Waals surface area contributed by atoms with Crippen molar-refractivity contribution < 1.29 is 0 Å². The normalized spacial score (nSPS) is 10.5. The van der Waals surface area contributed by atoms with Gasteiger partial charge in [-0.15, -0.1) is 0 Å². The first-order valence-electron chi connectivity index (χ1n) is 4.95. The van der Waals surface area contributed by atoms with Gasteiger partial charge in [0.05, 0.1) is 11.4 Å². The molecule has 4 nitrogen and oxygen atoms in total. The first-order valence-corrected chi connectivity index (χ1v) is 4.95. The molecular weight excluding hydrogens is 188 g/mol. The number of pyridine rings is 1. The third-order valence-electron chi connectivity index (χ3n) is 2.23. The van der Waals surface area contributed by atoms with Crippen LogP contribution in [0.5, 0.6) is 0 Å². The van der Waals surface area contributed by atoms with Crippen molar-refractivity contribution in [3.8, 4) is 11.3 Å². The Balaban J connectivity index is 2.43. The highest BCUT2D eigenvalue weighted by molar-refractivity contribution is 5.60. The number of rotatable bonds is 3. The quantitative estimate of drug-likeness (QED) is 0.807. The summed E-state index contributed by atoms with van der Waals surface area (Å²) in [6, 6.07) is 5.86. The van der Waals surface area contributed by atoms with E-state index in [2.05, 4.69) is 10.1 Å². The zero-order valence-corrected chi connectivity index (χ0v) is 8.72. The van der Waals surface area contributed by atoms with E-state index in [0.717, 1.165) is 23.4 Å². The second-order valence-corrected chi connectivity index (χ2v) is 3.42. The van der Waals surface area contributed by atoms with Crippen LogP contribution in [-0.2, 0) is 13.5 Å². The molecule has 78 valence electrons. The van der Waals surface area contributed by atoms with E-state index in [1.165, 1.54) is 0 Å². The van der Waals surface area contributed by atoms with Crippen molar-refractivity contribution in [1.29, 1.82) is 0 Å². The monoisotopic (exact) mass is 202 g/mol. The molecular formula is C11H14N4. The standard InChI is InChI=1S/C11H14N4/c1-15-8-9(11(14-15)5-6-12)10-4-2-3-7-13-10/h2-4,7-8H,5-6,12H2,1H3. The van der Waals surface area contributed by atoms with Crippen LogP contribution in [0.2, 0.25) is 0 Å². The van der Waals surface area contributed by atoms with Crippen molar-refractivity contribution in [2.45, 2.75) is 6.42 Å². The van der Waals surface area contributed by atoms with Gasteiger partial charge in [-0.2, -0.15) is 5.10 Å². The summed E-state index contributed by atoms with van der Waals surface area (Å²) < 4.78 is 1.80. The van der Waals surface area contributed by atoms with Crippen LogP contribution in [0.15, 0.2) is 30.6 Å². The van der Waals surface area contributed by atoms with Crippen LogP contribution >= 0.6 is 0 Å². The second kappa shape index (κ2) is 4.23. The van der Waals surface area contributed by atoms with E-state index in [0.29, 0.717) is 6.54 Å².